The molecule has 0 fully saturated rings. The Labute approximate surface area is 62.3 Å². The second kappa shape index (κ2) is 4.90. The summed E-state index contributed by atoms with van der Waals surface area (Å²) in [6, 6.07) is 0. The van der Waals surface area contributed by atoms with Gasteiger partial charge in [0.25, 0.3) is 12.8 Å². The zero-order chi connectivity index (χ0) is 5.15. The first-order chi connectivity index (χ1) is 2.64. The molecule has 0 heterocycles. The van der Waals surface area contributed by atoms with E-state index in [9.17, 15) is 13.2 Å². The van der Waals surface area contributed by atoms with Crippen LogP contribution in [0.1, 0.15) is 1.43 Å². The molecule has 1 atom stereocenters. The van der Waals surface area contributed by atoms with Gasteiger partial charge in [0.15, 0.2) is 0 Å². The summed E-state index contributed by atoms with van der Waals surface area (Å²) < 4.78 is 31.7. The van der Waals surface area contributed by atoms with Gasteiger partial charge in [0.05, 0.1) is 0 Å². The Kier molecular flexibility index (Phi) is 7.47. The zero-order valence-electron chi connectivity index (χ0n) is 4.74. The molecule has 0 spiro atoms. The van der Waals surface area contributed by atoms with E-state index in [4.69, 9.17) is 5.11 Å². The monoisotopic (exact) mass is 124 g/mol. The Morgan fingerprint density at radius 1 is 1.29 bits per heavy atom. The van der Waals surface area contributed by atoms with Gasteiger partial charge in [0.2, 0.25) is 0 Å². The van der Waals surface area contributed by atoms with Crippen molar-refractivity contribution < 1.29 is 49.3 Å². The molecule has 0 radical (unpaired) electrons. The molecular weight excluding hydrogens is 120 g/mol. The van der Waals surface area contributed by atoms with Gasteiger partial charge in [-0.3, -0.25) is 0 Å². The van der Waals surface area contributed by atoms with E-state index < -0.39 is 12.8 Å². The molecule has 0 amide bonds. The first-order valence-electron chi connectivity index (χ1n) is 1.25. The van der Waals surface area contributed by atoms with Gasteiger partial charge < -0.3 is 6.53 Å². The maximum atomic E-state index is 10.6. The molecule has 1 nitrogen and oxygen atoms in total. The van der Waals surface area contributed by atoms with Gasteiger partial charge >= 0.3 is 29.6 Å². The number of hydrogen-bond donors (Lipinski definition) is 1. The topological polar surface area (TPSA) is 20.2 Å². The Morgan fingerprint density at radius 3 is 1.43 bits per heavy atom. The molecule has 0 aromatic carbocycles. The van der Waals surface area contributed by atoms with E-state index in [0.29, 0.717) is 0 Å². The summed E-state index contributed by atoms with van der Waals surface area (Å²) in [5.41, 5.74) is 0. The van der Waals surface area contributed by atoms with Gasteiger partial charge in [-0.25, -0.2) is 13.2 Å². The van der Waals surface area contributed by atoms with Gasteiger partial charge in [-0.2, -0.15) is 0 Å². The molecule has 0 aliphatic heterocycles. The Morgan fingerprint density at radius 2 is 1.43 bits per heavy atom. The van der Waals surface area contributed by atoms with Crippen molar-refractivity contribution >= 4 is 0 Å². The Hall–Kier alpha value is 0.750. The van der Waals surface area contributed by atoms with E-state index in [2.05, 4.69) is 0 Å². The number of halogens is 3. The average molecular weight is 124 g/mol. The van der Waals surface area contributed by atoms with Crippen molar-refractivity contribution in [3.8, 4) is 0 Å². The molecular formula is C2H4F3NaO. The first-order valence-corrected chi connectivity index (χ1v) is 1.25. The van der Waals surface area contributed by atoms with Crippen LogP contribution in [-0.2, 0) is 0 Å². The predicted octanol–water partition coefficient (Wildman–Crippen LogP) is -2.34. The third-order valence-electron chi connectivity index (χ3n) is 0.208. The summed E-state index contributed by atoms with van der Waals surface area (Å²) in [7, 11) is 0. The van der Waals surface area contributed by atoms with Crippen molar-refractivity contribution in [2.75, 3.05) is 0 Å². The number of hydrogen-bond acceptors (Lipinski definition) is 1. The van der Waals surface area contributed by atoms with Crippen LogP contribution in [0.25, 0.3) is 0 Å². The molecule has 0 bridgehead atoms. The number of aliphatic hydroxyl groups is 1. The van der Waals surface area contributed by atoms with Crippen LogP contribution >= 0.6 is 0 Å². The third kappa shape index (κ3) is 6.75. The van der Waals surface area contributed by atoms with Crippen LogP contribution < -0.4 is 29.6 Å². The van der Waals surface area contributed by atoms with Gasteiger partial charge in [-0.05, 0) is 0 Å². The molecule has 0 aromatic heterocycles. The molecule has 0 aliphatic carbocycles. The molecule has 0 saturated heterocycles. The summed E-state index contributed by atoms with van der Waals surface area (Å²) in [5.74, 6) is 0. The molecule has 0 rings (SSSR count). The molecule has 0 aliphatic rings. The smallest absolute Gasteiger partial charge is 1.00 e. The van der Waals surface area contributed by atoms with Gasteiger partial charge in [-0.15, -0.1) is 0 Å². The SMILES string of the molecule is OC(F)C(F)F.[H-].[Na+]. The normalized spacial score (nSPS) is 13.3. The van der Waals surface area contributed by atoms with Gasteiger partial charge in [0.1, 0.15) is 0 Å². The summed E-state index contributed by atoms with van der Waals surface area (Å²) in [4.78, 5) is 0. The van der Waals surface area contributed by atoms with E-state index in [1.807, 2.05) is 0 Å². The van der Waals surface area contributed by atoms with Crippen LogP contribution in [0.4, 0.5) is 13.2 Å². The van der Waals surface area contributed by atoms with Crippen LogP contribution in [0.2, 0.25) is 0 Å². The zero-order valence-corrected chi connectivity index (χ0v) is 5.74. The molecule has 5 heteroatoms. The number of alkyl halides is 3. The Bertz CT molecular complexity index is 38.3. The second-order valence-electron chi connectivity index (χ2n) is 0.707. The van der Waals surface area contributed by atoms with Gasteiger partial charge in [0, 0.05) is 0 Å². The minimum absolute atomic E-state index is 0. The van der Waals surface area contributed by atoms with Crippen LogP contribution in [0.5, 0.6) is 0 Å². The fraction of sp³-hybridized carbons (Fsp3) is 1.00. The van der Waals surface area contributed by atoms with Crippen LogP contribution in [-0.4, -0.2) is 17.9 Å². The summed E-state index contributed by atoms with van der Waals surface area (Å²) in [6.07, 6.45) is -6.24. The van der Waals surface area contributed by atoms with Crippen molar-refractivity contribution in [3.63, 3.8) is 0 Å². The second-order valence-corrected chi connectivity index (χ2v) is 0.707. The van der Waals surface area contributed by atoms with Crippen LogP contribution in [0.3, 0.4) is 0 Å². The quantitative estimate of drug-likeness (QED) is 0.388. The molecule has 1 unspecified atom stereocenters. The molecule has 7 heavy (non-hydrogen) atoms. The van der Waals surface area contributed by atoms with E-state index >= 15 is 0 Å². The number of aliphatic hydroxyl groups excluding tert-OH is 1. The van der Waals surface area contributed by atoms with Crippen LogP contribution in [0.15, 0.2) is 0 Å². The summed E-state index contributed by atoms with van der Waals surface area (Å²) >= 11 is 0. The standard InChI is InChI=1S/C2H3F3O.Na.H/c3-1(4)2(5)6;;/h1-2,6H;;/q;+1;-1. The van der Waals surface area contributed by atoms with E-state index in [1.165, 1.54) is 0 Å². The maximum absolute atomic E-state index is 10.6. The third-order valence-corrected chi connectivity index (χ3v) is 0.208. The van der Waals surface area contributed by atoms with Crippen molar-refractivity contribution in [1.29, 1.82) is 0 Å². The predicted molar refractivity (Wildman–Crippen MR) is 14.2 cm³/mol. The summed E-state index contributed by atoms with van der Waals surface area (Å²) in [5, 5.41) is 7.21. The van der Waals surface area contributed by atoms with Gasteiger partial charge in [-0.1, -0.05) is 0 Å². The van der Waals surface area contributed by atoms with E-state index in [-0.39, 0.29) is 31.0 Å². The Balaban J connectivity index is -0.000000125. The fourth-order valence-electron chi connectivity index (χ4n) is 0. The average Bonchev–Trinajstić information content (AvgIpc) is 1.36. The van der Waals surface area contributed by atoms with E-state index in [0.717, 1.165) is 0 Å². The first kappa shape index (κ1) is 10.7. The van der Waals surface area contributed by atoms with Crippen molar-refractivity contribution in [2.45, 2.75) is 12.8 Å². The fourth-order valence-corrected chi connectivity index (χ4v) is 0. The van der Waals surface area contributed by atoms with Crippen molar-refractivity contribution in [1.82, 2.24) is 0 Å². The van der Waals surface area contributed by atoms with Crippen LogP contribution in [0, 0.1) is 0 Å². The summed E-state index contributed by atoms with van der Waals surface area (Å²) in [6.45, 7) is 0. The minimum Gasteiger partial charge on any atom is -1.00 e. The van der Waals surface area contributed by atoms with Crippen molar-refractivity contribution in [3.05, 3.63) is 0 Å². The molecule has 0 aromatic rings. The molecule has 0 saturated carbocycles. The molecule has 40 valence electrons. The molecule has 1 N–H and O–H groups in total. The number of rotatable bonds is 1. The largest absolute Gasteiger partial charge is 1.00 e. The minimum atomic E-state index is -3.26. The maximum Gasteiger partial charge on any atom is 1.00 e. The van der Waals surface area contributed by atoms with Crippen molar-refractivity contribution in [2.24, 2.45) is 0 Å². The van der Waals surface area contributed by atoms with E-state index in [1.54, 1.807) is 0 Å².